The first-order chi connectivity index (χ1) is 12.2. The number of amides is 1. The van der Waals surface area contributed by atoms with Crippen molar-refractivity contribution in [3.8, 4) is 0 Å². The summed E-state index contributed by atoms with van der Waals surface area (Å²) in [5.41, 5.74) is 0.263. The van der Waals surface area contributed by atoms with Crippen LogP contribution in [0.2, 0.25) is 0 Å². The van der Waals surface area contributed by atoms with E-state index >= 15 is 0 Å². The predicted octanol–water partition coefficient (Wildman–Crippen LogP) is 0.817. The third-order valence-corrected chi connectivity index (χ3v) is 5.75. The van der Waals surface area contributed by atoms with Gasteiger partial charge in [0.15, 0.2) is 9.84 Å². The van der Waals surface area contributed by atoms with E-state index in [1.54, 1.807) is 6.07 Å². The maximum absolute atomic E-state index is 12.2. The molecule has 2 aromatic rings. The van der Waals surface area contributed by atoms with E-state index in [1.165, 1.54) is 42.7 Å². The summed E-state index contributed by atoms with van der Waals surface area (Å²) < 4.78 is 49.8. The van der Waals surface area contributed by atoms with Gasteiger partial charge in [-0.2, -0.15) is 0 Å². The lowest BCUT2D eigenvalue weighted by Crippen LogP contribution is -2.24. The molecule has 11 heteroatoms. The number of anilines is 2. The topological polar surface area (TPSA) is 135 Å². The van der Waals surface area contributed by atoms with Crippen molar-refractivity contribution in [1.82, 2.24) is 9.97 Å². The Bertz CT molecular complexity index is 988. The minimum atomic E-state index is -3.89. The summed E-state index contributed by atoms with van der Waals surface area (Å²) >= 11 is 0. The number of aromatic nitrogens is 2. The zero-order valence-corrected chi connectivity index (χ0v) is 15.1. The van der Waals surface area contributed by atoms with E-state index < -0.39 is 31.5 Å². The molecule has 2 rings (SSSR count). The lowest BCUT2D eigenvalue weighted by atomic mass is 10.3. The number of sulfone groups is 1. The molecule has 0 unspecified atom stereocenters. The Hall–Kier alpha value is -2.79. The van der Waals surface area contributed by atoms with E-state index in [2.05, 4.69) is 26.6 Å². The first-order valence-electron chi connectivity index (χ1n) is 7.23. The van der Waals surface area contributed by atoms with Gasteiger partial charge in [-0.15, -0.1) is 6.58 Å². The highest BCUT2D eigenvalue weighted by molar-refractivity contribution is 7.92. The van der Waals surface area contributed by atoms with Crippen molar-refractivity contribution in [3.63, 3.8) is 0 Å². The normalized spacial score (nSPS) is 11.5. The van der Waals surface area contributed by atoms with Crippen LogP contribution in [0.5, 0.6) is 0 Å². The molecule has 0 radical (unpaired) electrons. The van der Waals surface area contributed by atoms with Gasteiger partial charge < -0.3 is 5.32 Å². The largest absolute Gasteiger partial charge is 0.325 e. The molecular formula is C15H16N4O5S2. The highest BCUT2D eigenvalue weighted by Crippen LogP contribution is 2.16. The summed E-state index contributed by atoms with van der Waals surface area (Å²) in [6, 6.07) is 6.76. The van der Waals surface area contributed by atoms with E-state index in [0.717, 1.165) is 0 Å². The molecule has 0 saturated heterocycles. The fraction of sp³-hybridized carbons (Fsp3) is 0.133. The second kappa shape index (κ2) is 8.06. The van der Waals surface area contributed by atoms with E-state index in [-0.39, 0.29) is 22.3 Å². The Morgan fingerprint density at radius 3 is 2.27 bits per heavy atom. The van der Waals surface area contributed by atoms with Gasteiger partial charge in [-0.3, -0.25) is 4.79 Å². The average molecular weight is 396 g/mol. The second-order valence-electron chi connectivity index (χ2n) is 5.09. The molecule has 1 amide bonds. The third kappa shape index (κ3) is 5.63. The van der Waals surface area contributed by atoms with Crippen molar-refractivity contribution in [2.45, 2.75) is 4.90 Å². The van der Waals surface area contributed by atoms with Gasteiger partial charge in [0.1, 0.15) is 5.75 Å². The Morgan fingerprint density at radius 2 is 1.69 bits per heavy atom. The van der Waals surface area contributed by atoms with Gasteiger partial charge in [-0.1, -0.05) is 6.08 Å². The molecule has 0 aliphatic heterocycles. The monoisotopic (exact) mass is 396 g/mol. The van der Waals surface area contributed by atoms with Crippen molar-refractivity contribution < 1.29 is 21.6 Å². The number of carbonyl (C=O) groups excluding carboxylic acids is 1. The van der Waals surface area contributed by atoms with Crippen LogP contribution >= 0.6 is 0 Å². The quantitative estimate of drug-likeness (QED) is 0.631. The van der Waals surface area contributed by atoms with Gasteiger partial charge in [-0.25, -0.2) is 31.5 Å². The average Bonchev–Trinajstić information content (AvgIpc) is 2.55. The van der Waals surface area contributed by atoms with Crippen LogP contribution in [0, 0.1) is 0 Å². The van der Waals surface area contributed by atoms with Crippen LogP contribution in [0.1, 0.15) is 0 Å². The van der Waals surface area contributed by atoms with Crippen molar-refractivity contribution >= 4 is 37.4 Å². The van der Waals surface area contributed by atoms with Gasteiger partial charge >= 0.3 is 0 Å². The van der Waals surface area contributed by atoms with Gasteiger partial charge in [0.05, 0.1) is 10.6 Å². The molecule has 0 spiro atoms. The molecule has 0 atom stereocenters. The van der Waals surface area contributed by atoms with Crippen molar-refractivity contribution in [2.75, 3.05) is 21.5 Å². The van der Waals surface area contributed by atoms with Gasteiger partial charge in [0.2, 0.25) is 11.9 Å². The lowest BCUT2D eigenvalue weighted by molar-refractivity contribution is -0.113. The Morgan fingerprint density at radius 1 is 1.08 bits per heavy atom. The first-order valence-corrected chi connectivity index (χ1v) is 10.5. The minimum absolute atomic E-state index is 0.0674. The summed E-state index contributed by atoms with van der Waals surface area (Å²) in [7, 11) is -7.46. The molecule has 138 valence electrons. The number of nitrogens with one attached hydrogen (secondary N) is 2. The van der Waals surface area contributed by atoms with Crippen molar-refractivity contribution in [2.24, 2.45) is 0 Å². The van der Waals surface area contributed by atoms with Crippen LogP contribution in [0.25, 0.3) is 0 Å². The van der Waals surface area contributed by atoms with E-state index in [1.807, 2.05) is 0 Å². The fourth-order valence-electron chi connectivity index (χ4n) is 1.88. The molecular weight excluding hydrogens is 380 g/mol. The SMILES string of the molecule is C=CCS(=O)(=O)CC(=O)Nc1ccc(S(=O)(=O)Nc2ncccn2)cc1. The Balaban J connectivity index is 2.06. The summed E-state index contributed by atoms with van der Waals surface area (Å²) in [5, 5.41) is 2.39. The maximum Gasteiger partial charge on any atom is 0.264 e. The molecule has 0 aliphatic rings. The highest BCUT2D eigenvalue weighted by Gasteiger charge is 2.17. The lowest BCUT2D eigenvalue weighted by Gasteiger charge is -2.08. The third-order valence-electron chi connectivity index (χ3n) is 2.96. The van der Waals surface area contributed by atoms with Crippen molar-refractivity contribution in [3.05, 3.63) is 55.4 Å². The molecule has 1 aromatic carbocycles. The van der Waals surface area contributed by atoms with E-state index in [9.17, 15) is 21.6 Å². The zero-order chi connectivity index (χ0) is 19.2. The highest BCUT2D eigenvalue weighted by atomic mass is 32.2. The number of nitrogens with zero attached hydrogens (tertiary/aromatic N) is 2. The van der Waals surface area contributed by atoms with Crippen LogP contribution in [0.15, 0.2) is 60.3 Å². The number of sulfonamides is 1. The smallest absolute Gasteiger partial charge is 0.264 e. The summed E-state index contributed by atoms with van der Waals surface area (Å²) in [4.78, 5) is 19.2. The van der Waals surface area contributed by atoms with Crippen LogP contribution in [0.3, 0.4) is 0 Å². The van der Waals surface area contributed by atoms with Gasteiger partial charge in [-0.05, 0) is 30.3 Å². The molecule has 2 N–H and O–H groups in total. The number of benzene rings is 1. The van der Waals surface area contributed by atoms with E-state index in [0.29, 0.717) is 0 Å². The molecule has 0 fully saturated rings. The maximum atomic E-state index is 12.2. The molecule has 0 bridgehead atoms. The number of carbonyl (C=O) groups is 1. The van der Waals surface area contributed by atoms with Crippen LogP contribution in [-0.4, -0.2) is 44.2 Å². The van der Waals surface area contributed by atoms with Crippen molar-refractivity contribution in [1.29, 1.82) is 0 Å². The van der Waals surface area contributed by atoms with Crippen LogP contribution in [0.4, 0.5) is 11.6 Å². The fourth-order valence-corrected chi connectivity index (χ4v) is 3.79. The van der Waals surface area contributed by atoms with E-state index in [4.69, 9.17) is 0 Å². The molecule has 26 heavy (non-hydrogen) atoms. The second-order valence-corrected chi connectivity index (χ2v) is 8.89. The number of hydrogen-bond acceptors (Lipinski definition) is 7. The first kappa shape index (κ1) is 19.5. The molecule has 9 nitrogen and oxygen atoms in total. The minimum Gasteiger partial charge on any atom is -0.325 e. The summed E-state index contributed by atoms with van der Waals surface area (Å²) in [6.07, 6.45) is 3.99. The molecule has 0 saturated carbocycles. The number of hydrogen-bond donors (Lipinski definition) is 2. The zero-order valence-electron chi connectivity index (χ0n) is 13.5. The summed E-state index contributed by atoms with van der Waals surface area (Å²) in [5.74, 6) is -1.79. The predicted molar refractivity (Wildman–Crippen MR) is 96.8 cm³/mol. The number of rotatable bonds is 8. The van der Waals surface area contributed by atoms with Crippen LogP contribution < -0.4 is 10.0 Å². The molecule has 1 heterocycles. The molecule has 0 aliphatic carbocycles. The Kier molecular flexibility index (Phi) is 6.05. The Labute approximate surface area is 151 Å². The van der Waals surface area contributed by atoms with Crippen LogP contribution in [-0.2, 0) is 24.7 Å². The standard InChI is InChI=1S/C15H16N4O5S2/c1-2-10-25(21,22)11-14(20)18-12-4-6-13(7-5-12)26(23,24)19-15-16-8-3-9-17-15/h2-9H,1,10-11H2,(H,18,20)(H,16,17,19). The molecule has 1 aromatic heterocycles. The van der Waals surface area contributed by atoms with Gasteiger partial charge in [0.25, 0.3) is 10.0 Å². The summed E-state index contributed by atoms with van der Waals surface area (Å²) in [6.45, 7) is 3.32. The van der Waals surface area contributed by atoms with Gasteiger partial charge in [0, 0.05) is 18.1 Å².